The second-order valence-corrected chi connectivity index (χ2v) is 7.65. The summed E-state index contributed by atoms with van der Waals surface area (Å²) in [4.78, 5) is 25.3. The normalized spacial score (nSPS) is 11.1. The molecule has 1 N–H and O–H groups in total. The Morgan fingerprint density at radius 3 is 2.09 bits per heavy atom. The molecule has 0 radical (unpaired) electrons. The van der Waals surface area contributed by atoms with E-state index in [-0.39, 0.29) is 16.9 Å². The number of amides is 1. The standard InChI is InChI=1S/C26H22F3NO3/c1-15-8-5-6-11-22(15)25(32)33-21-10-7-9-19(14-21)24(31)30-23-16(2)12-20(13-17(23)3)18(4)26(27,28)29/h5-14H,4H2,1-3H3,(H,30,31). The first kappa shape index (κ1) is 23.8. The van der Waals surface area contributed by atoms with Crippen LogP contribution in [0.4, 0.5) is 18.9 Å². The molecule has 0 aliphatic carbocycles. The first-order chi connectivity index (χ1) is 15.5. The van der Waals surface area contributed by atoms with Crippen molar-refractivity contribution in [2.75, 3.05) is 5.32 Å². The van der Waals surface area contributed by atoms with E-state index in [0.717, 1.165) is 5.56 Å². The molecule has 170 valence electrons. The highest BCUT2D eigenvalue weighted by molar-refractivity contribution is 6.05. The molecule has 0 aliphatic heterocycles. The topological polar surface area (TPSA) is 55.4 Å². The number of hydrogen-bond donors (Lipinski definition) is 1. The average Bonchev–Trinajstić information content (AvgIpc) is 2.75. The van der Waals surface area contributed by atoms with E-state index in [1.165, 1.54) is 18.2 Å². The van der Waals surface area contributed by atoms with Crippen LogP contribution in [0.5, 0.6) is 5.75 Å². The van der Waals surface area contributed by atoms with Crippen molar-refractivity contribution in [3.05, 3.63) is 101 Å². The van der Waals surface area contributed by atoms with E-state index in [1.807, 2.05) is 6.07 Å². The third-order valence-electron chi connectivity index (χ3n) is 5.13. The van der Waals surface area contributed by atoms with Crippen LogP contribution >= 0.6 is 0 Å². The van der Waals surface area contributed by atoms with Crippen molar-refractivity contribution in [1.82, 2.24) is 0 Å². The van der Waals surface area contributed by atoms with Gasteiger partial charge in [0.05, 0.1) is 11.1 Å². The van der Waals surface area contributed by atoms with Gasteiger partial charge in [0.2, 0.25) is 0 Å². The Balaban J connectivity index is 1.79. The SMILES string of the molecule is C=C(c1cc(C)c(NC(=O)c2cccc(OC(=O)c3ccccc3C)c2)c(C)c1)C(F)(F)F. The Morgan fingerprint density at radius 2 is 1.48 bits per heavy atom. The summed E-state index contributed by atoms with van der Waals surface area (Å²) in [7, 11) is 0. The molecule has 3 rings (SSSR count). The number of nitrogens with one attached hydrogen (secondary N) is 1. The van der Waals surface area contributed by atoms with Crippen LogP contribution < -0.4 is 10.1 Å². The summed E-state index contributed by atoms with van der Waals surface area (Å²) in [5.74, 6) is -0.837. The van der Waals surface area contributed by atoms with Gasteiger partial charge >= 0.3 is 12.1 Å². The third kappa shape index (κ3) is 5.49. The highest BCUT2D eigenvalue weighted by Gasteiger charge is 2.33. The predicted molar refractivity (Wildman–Crippen MR) is 122 cm³/mol. The van der Waals surface area contributed by atoms with Crippen LogP contribution in [0, 0.1) is 20.8 Å². The molecular weight excluding hydrogens is 431 g/mol. The second kappa shape index (κ2) is 9.32. The minimum absolute atomic E-state index is 0.0550. The number of alkyl halides is 3. The summed E-state index contributed by atoms with van der Waals surface area (Å²) >= 11 is 0. The molecule has 0 bridgehead atoms. The maximum atomic E-state index is 13.0. The van der Waals surface area contributed by atoms with E-state index in [1.54, 1.807) is 57.2 Å². The summed E-state index contributed by atoms with van der Waals surface area (Å²) in [6.07, 6.45) is -4.54. The van der Waals surface area contributed by atoms with Crippen molar-refractivity contribution in [2.24, 2.45) is 0 Å². The fraction of sp³-hybridized carbons (Fsp3) is 0.154. The molecular formula is C26H22F3NO3. The summed E-state index contributed by atoms with van der Waals surface area (Å²) < 4.78 is 44.4. The molecule has 7 heteroatoms. The quantitative estimate of drug-likeness (QED) is 0.347. The molecule has 0 aliphatic rings. The third-order valence-corrected chi connectivity index (χ3v) is 5.13. The predicted octanol–water partition coefficient (Wildman–Crippen LogP) is 6.66. The van der Waals surface area contributed by atoms with E-state index >= 15 is 0 Å². The van der Waals surface area contributed by atoms with Crippen molar-refractivity contribution >= 4 is 23.1 Å². The maximum absolute atomic E-state index is 13.0. The van der Waals surface area contributed by atoms with Gasteiger partial charge in [0.15, 0.2) is 0 Å². The van der Waals surface area contributed by atoms with Crippen molar-refractivity contribution in [3.8, 4) is 5.75 Å². The van der Waals surface area contributed by atoms with Crippen LogP contribution in [-0.4, -0.2) is 18.1 Å². The summed E-state index contributed by atoms with van der Waals surface area (Å²) in [5, 5.41) is 2.73. The van der Waals surface area contributed by atoms with Gasteiger partial charge in [0.1, 0.15) is 5.75 Å². The largest absolute Gasteiger partial charge is 0.423 e. The molecule has 0 heterocycles. The molecule has 0 spiro atoms. The fourth-order valence-corrected chi connectivity index (χ4v) is 3.35. The zero-order chi connectivity index (χ0) is 24.3. The van der Waals surface area contributed by atoms with Gasteiger partial charge in [-0.25, -0.2) is 4.79 Å². The lowest BCUT2D eigenvalue weighted by atomic mass is 9.99. The molecule has 0 aromatic heterocycles. The van der Waals surface area contributed by atoms with Gasteiger partial charge < -0.3 is 10.1 Å². The number of aryl methyl sites for hydroxylation is 3. The highest BCUT2D eigenvalue weighted by Crippen LogP contribution is 2.35. The van der Waals surface area contributed by atoms with Gasteiger partial charge in [0.25, 0.3) is 5.91 Å². The van der Waals surface area contributed by atoms with E-state index in [4.69, 9.17) is 4.74 Å². The number of anilines is 1. The van der Waals surface area contributed by atoms with Crippen LogP contribution in [0.3, 0.4) is 0 Å². The molecule has 0 atom stereocenters. The number of carbonyl (C=O) groups excluding carboxylic acids is 2. The number of halogens is 3. The molecule has 0 saturated carbocycles. The van der Waals surface area contributed by atoms with Crippen LogP contribution in [0.15, 0.2) is 67.2 Å². The number of allylic oxidation sites excluding steroid dienone is 1. The van der Waals surface area contributed by atoms with Crippen molar-refractivity contribution < 1.29 is 27.5 Å². The number of hydrogen-bond acceptors (Lipinski definition) is 3. The summed E-state index contributed by atoms with van der Waals surface area (Å²) in [6.45, 7) is 8.13. The smallest absolute Gasteiger partial charge is 0.416 e. The monoisotopic (exact) mass is 453 g/mol. The van der Waals surface area contributed by atoms with E-state index in [9.17, 15) is 22.8 Å². The first-order valence-corrected chi connectivity index (χ1v) is 10.0. The molecule has 4 nitrogen and oxygen atoms in total. The van der Waals surface area contributed by atoms with Crippen LogP contribution in [-0.2, 0) is 0 Å². The van der Waals surface area contributed by atoms with Crippen molar-refractivity contribution in [3.63, 3.8) is 0 Å². The Kier molecular flexibility index (Phi) is 6.72. The molecule has 0 saturated heterocycles. The van der Waals surface area contributed by atoms with E-state index in [0.29, 0.717) is 22.4 Å². The van der Waals surface area contributed by atoms with Crippen molar-refractivity contribution in [1.29, 1.82) is 0 Å². The van der Waals surface area contributed by atoms with Gasteiger partial charge in [-0.05, 0) is 79.4 Å². The molecule has 0 unspecified atom stereocenters. The van der Waals surface area contributed by atoms with Gasteiger partial charge in [-0.3, -0.25) is 4.79 Å². The number of esters is 1. The number of ether oxygens (including phenoxy) is 1. The molecule has 0 fully saturated rings. The summed E-state index contributed by atoms with van der Waals surface area (Å²) in [6, 6.07) is 15.8. The Hall–Kier alpha value is -3.87. The van der Waals surface area contributed by atoms with Gasteiger partial charge in [-0.15, -0.1) is 0 Å². The molecule has 3 aromatic rings. The molecule has 3 aromatic carbocycles. The van der Waals surface area contributed by atoms with E-state index in [2.05, 4.69) is 11.9 Å². The number of carbonyl (C=O) groups is 2. The highest BCUT2D eigenvalue weighted by atomic mass is 19.4. The van der Waals surface area contributed by atoms with Crippen LogP contribution in [0.1, 0.15) is 43.0 Å². The Morgan fingerprint density at radius 1 is 0.848 bits per heavy atom. The molecule has 1 amide bonds. The lowest BCUT2D eigenvalue weighted by molar-refractivity contribution is -0.0686. The number of benzene rings is 3. The van der Waals surface area contributed by atoms with Gasteiger partial charge in [-0.2, -0.15) is 13.2 Å². The number of rotatable bonds is 5. The maximum Gasteiger partial charge on any atom is 0.416 e. The Labute approximate surface area is 189 Å². The molecule has 33 heavy (non-hydrogen) atoms. The minimum Gasteiger partial charge on any atom is -0.423 e. The second-order valence-electron chi connectivity index (χ2n) is 7.65. The zero-order valence-electron chi connectivity index (χ0n) is 18.3. The van der Waals surface area contributed by atoms with E-state index < -0.39 is 23.6 Å². The summed E-state index contributed by atoms with van der Waals surface area (Å²) in [5.41, 5.74) is 1.74. The lowest BCUT2D eigenvalue weighted by Gasteiger charge is -2.16. The Bertz CT molecular complexity index is 1220. The first-order valence-electron chi connectivity index (χ1n) is 10.0. The van der Waals surface area contributed by atoms with Crippen molar-refractivity contribution in [2.45, 2.75) is 26.9 Å². The van der Waals surface area contributed by atoms with Crippen LogP contribution in [0.25, 0.3) is 5.57 Å². The van der Waals surface area contributed by atoms with Crippen LogP contribution in [0.2, 0.25) is 0 Å². The average molecular weight is 453 g/mol. The zero-order valence-corrected chi connectivity index (χ0v) is 18.3. The lowest BCUT2D eigenvalue weighted by Crippen LogP contribution is -2.15. The van der Waals surface area contributed by atoms with Gasteiger partial charge in [0, 0.05) is 11.3 Å². The van der Waals surface area contributed by atoms with Gasteiger partial charge in [-0.1, -0.05) is 30.8 Å². The minimum atomic E-state index is -4.54. The fourth-order valence-electron chi connectivity index (χ4n) is 3.35.